The molecule has 5 nitrogen and oxygen atoms in total. The molecule has 0 aromatic heterocycles. The summed E-state index contributed by atoms with van der Waals surface area (Å²) in [4.78, 5) is 25.6. The van der Waals surface area contributed by atoms with Crippen LogP contribution in [0.15, 0.2) is 24.3 Å². The van der Waals surface area contributed by atoms with Gasteiger partial charge in [0.1, 0.15) is 0 Å². The number of nitrogens with zero attached hydrogens (tertiary/aromatic N) is 1. The molecule has 0 atom stereocenters. The third-order valence-corrected chi connectivity index (χ3v) is 4.38. The lowest BCUT2D eigenvalue weighted by molar-refractivity contribution is -0.119. The standard InChI is InChI=1S/C14H18IN3O2/c15-12-4-2-1-3-11(12)14(20)18(9-13(16)19)10-5-7-17-8-6-10/h1-4,10,17H,5-9H2,(H2,16,19). The minimum Gasteiger partial charge on any atom is -0.368 e. The van der Waals surface area contributed by atoms with Gasteiger partial charge in [0.15, 0.2) is 0 Å². The van der Waals surface area contributed by atoms with Gasteiger partial charge in [0.2, 0.25) is 5.91 Å². The summed E-state index contributed by atoms with van der Waals surface area (Å²) in [6.07, 6.45) is 1.70. The van der Waals surface area contributed by atoms with Crippen molar-refractivity contribution in [1.82, 2.24) is 10.2 Å². The van der Waals surface area contributed by atoms with Gasteiger partial charge in [-0.2, -0.15) is 0 Å². The zero-order chi connectivity index (χ0) is 14.5. The molecule has 1 fully saturated rings. The molecule has 2 rings (SSSR count). The molecule has 0 aliphatic carbocycles. The number of benzene rings is 1. The summed E-state index contributed by atoms with van der Waals surface area (Å²) < 4.78 is 0.888. The van der Waals surface area contributed by atoms with Crippen LogP contribution in [0.5, 0.6) is 0 Å². The fourth-order valence-electron chi connectivity index (χ4n) is 2.44. The number of hydrogen-bond donors (Lipinski definition) is 2. The number of piperidine rings is 1. The van der Waals surface area contributed by atoms with E-state index in [0.29, 0.717) is 5.56 Å². The second-order valence-corrected chi connectivity index (χ2v) is 6.02. The highest BCUT2D eigenvalue weighted by Gasteiger charge is 2.28. The van der Waals surface area contributed by atoms with Gasteiger partial charge in [-0.15, -0.1) is 0 Å². The molecule has 0 bridgehead atoms. The number of hydrogen-bond acceptors (Lipinski definition) is 3. The van der Waals surface area contributed by atoms with Crippen LogP contribution in [-0.2, 0) is 4.79 Å². The normalized spacial score (nSPS) is 15.8. The Kier molecular flexibility index (Phi) is 5.36. The number of rotatable bonds is 4. The molecule has 2 amide bonds. The van der Waals surface area contributed by atoms with Crippen LogP contribution in [0, 0.1) is 3.57 Å². The summed E-state index contributed by atoms with van der Waals surface area (Å²) in [5, 5.41) is 3.26. The van der Waals surface area contributed by atoms with E-state index in [-0.39, 0.29) is 18.5 Å². The maximum Gasteiger partial charge on any atom is 0.255 e. The third kappa shape index (κ3) is 3.69. The molecular weight excluding hydrogens is 369 g/mol. The van der Waals surface area contributed by atoms with Crippen molar-refractivity contribution in [2.75, 3.05) is 19.6 Å². The molecule has 20 heavy (non-hydrogen) atoms. The molecule has 1 aliphatic rings. The molecule has 108 valence electrons. The van der Waals surface area contributed by atoms with Gasteiger partial charge in [0.25, 0.3) is 5.91 Å². The molecule has 0 spiro atoms. The SMILES string of the molecule is NC(=O)CN(C(=O)c1ccccc1I)C1CCNCC1. The van der Waals surface area contributed by atoms with E-state index in [1.54, 1.807) is 11.0 Å². The number of carbonyl (C=O) groups is 2. The first-order valence-electron chi connectivity index (χ1n) is 6.64. The zero-order valence-electron chi connectivity index (χ0n) is 11.1. The van der Waals surface area contributed by atoms with Crippen LogP contribution >= 0.6 is 22.6 Å². The Bertz CT molecular complexity index is 501. The quantitative estimate of drug-likeness (QED) is 0.757. The number of nitrogens with two attached hydrogens (primary N) is 1. The van der Waals surface area contributed by atoms with Crippen molar-refractivity contribution >= 4 is 34.4 Å². The highest BCUT2D eigenvalue weighted by Crippen LogP contribution is 2.19. The topological polar surface area (TPSA) is 75.4 Å². The lowest BCUT2D eigenvalue weighted by atomic mass is 10.0. The Morgan fingerprint density at radius 2 is 1.95 bits per heavy atom. The van der Waals surface area contributed by atoms with Crippen molar-refractivity contribution < 1.29 is 9.59 Å². The summed E-state index contributed by atoms with van der Waals surface area (Å²) in [7, 11) is 0. The average Bonchev–Trinajstić information content (AvgIpc) is 2.45. The zero-order valence-corrected chi connectivity index (χ0v) is 13.3. The van der Waals surface area contributed by atoms with E-state index in [0.717, 1.165) is 29.5 Å². The number of primary amides is 1. The van der Waals surface area contributed by atoms with Gasteiger partial charge in [-0.05, 0) is 60.7 Å². The highest BCUT2D eigenvalue weighted by atomic mass is 127. The van der Waals surface area contributed by atoms with Gasteiger partial charge in [-0.1, -0.05) is 12.1 Å². The number of halogens is 1. The third-order valence-electron chi connectivity index (χ3n) is 3.44. The highest BCUT2D eigenvalue weighted by molar-refractivity contribution is 14.1. The lowest BCUT2D eigenvalue weighted by Crippen LogP contribution is -2.49. The first-order valence-corrected chi connectivity index (χ1v) is 7.72. The molecule has 1 aromatic rings. The van der Waals surface area contributed by atoms with E-state index in [2.05, 4.69) is 27.9 Å². The van der Waals surface area contributed by atoms with Crippen LogP contribution in [0.3, 0.4) is 0 Å². The summed E-state index contributed by atoms with van der Waals surface area (Å²) >= 11 is 2.14. The van der Waals surface area contributed by atoms with Gasteiger partial charge in [-0.25, -0.2) is 0 Å². The van der Waals surface area contributed by atoms with Crippen molar-refractivity contribution in [3.05, 3.63) is 33.4 Å². The van der Waals surface area contributed by atoms with Crippen LogP contribution in [0.4, 0.5) is 0 Å². The van der Waals surface area contributed by atoms with E-state index in [9.17, 15) is 9.59 Å². The van der Waals surface area contributed by atoms with Gasteiger partial charge in [0.05, 0.1) is 12.1 Å². The summed E-state index contributed by atoms with van der Waals surface area (Å²) in [6.45, 7) is 1.70. The number of amides is 2. The molecule has 3 N–H and O–H groups in total. The Balaban J connectivity index is 2.23. The molecule has 0 unspecified atom stereocenters. The van der Waals surface area contributed by atoms with Crippen LogP contribution in [0.2, 0.25) is 0 Å². The summed E-state index contributed by atoms with van der Waals surface area (Å²) in [5.41, 5.74) is 5.94. The van der Waals surface area contributed by atoms with Gasteiger partial charge in [-0.3, -0.25) is 9.59 Å². The monoisotopic (exact) mass is 387 g/mol. The minimum absolute atomic E-state index is 0.0194. The maximum atomic E-state index is 12.7. The van der Waals surface area contributed by atoms with Crippen LogP contribution in [0.1, 0.15) is 23.2 Å². The number of carbonyl (C=O) groups excluding carboxylic acids is 2. The fraction of sp³-hybridized carbons (Fsp3) is 0.429. The first kappa shape index (κ1) is 15.2. The van der Waals surface area contributed by atoms with E-state index >= 15 is 0 Å². The van der Waals surface area contributed by atoms with Crippen molar-refractivity contribution in [2.45, 2.75) is 18.9 Å². The minimum atomic E-state index is -0.470. The summed E-state index contributed by atoms with van der Waals surface area (Å²) in [6, 6.07) is 7.48. The predicted molar refractivity (Wildman–Crippen MR) is 85.3 cm³/mol. The molecule has 0 radical (unpaired) electrons. The van der Waals surface area contributed by atoms with Gasteiger partial charge < -0.3 is 16.0 Å². The fourth-order valence-corrected chi connectivity index (χ4v) is 3.06. The van der Waals surface area contributed by atoms with E-state index in [1.165, 1.54) is 0 Å². The lowest BCUT2D eigenvalue weighted by Gasteiger charge is -2.34. The predicted octanol–water partition coefficient (Wildman–Crippen LogP) is 0.971. The maximum absolute atomic E-state index is 12.7. The molecule has 0 saturated carbocycles. The molecule has 1 aliphatic heterocycles. The Labute approximate surface area is 132 Å². The van der Waals surface area contributed by atoms with Crippen molar-refractivity contribution in [2.24, 2.45) is 5.73 Å². The Morgan fingerprint density at radius 1 is 1.30 bits per heavy atom. The second kappa shape index (κ2) is 7.03. The number of nitrogens with one attached hydrogen (secondary N) is 1. The Morgan fingerprint density at radius 3 is 2.55 bits per heavy atom. The molecule has 1 aromatic carbocycles. The Hall–Kier alpha value is -1.15. The summed E-state index contributed by atoms with van der Waals surface area (Å²) in [5.74, 6) is -0.580. The molecule has 1 saturated heterocycles. The molecule has 1 heterocycles. The van der Waals surface area contributed by atoms with Crippen molar-refractivity contribution in [1.29, 1.82) is 0 Å². The van der Waals surface area contributed by atoms with Crippen molar-refractivity contribution in [3.8, 4) is 0 Å². The van der Waals surface area contributed by atoms with E-state index in [4.69, 9.17) is 5.73 Å². The van der Waals surface area contributed by atoms with E-state index < -0.39 is 5.91 Å². The second-order valence-electron chi connectivity index (χ2n) is 4.86. The van der Waals surface area contributed by atoms with Crippen molar-refractivity contribution in [3.63, 3.8) is 0 Å². The first-order chi connectivity index (χ1) is 9.59. The largest absolute Gasteiger partial charge is 0.368 e. The van der Waals surface area contributed by atoms with Crippen LogP contribution < -0.4 is 11.1 Å². The van der Waals surface area contributed by atoms with Crippen LogP contribution in [-0.4, -0.2) is 42.4 Å². The van der Waals surface area contributed by atoms with Crippen LogP contribution in [0.25, 0.3) is 0 Å². The smallest absolute Gasteiger partial charge is 0.255 e. The van der Waals surface area contributed by atoms with E-state index in [1.807, 2.05) is 18.2 Å². The van der Waals surface area contributed by atoms with Gasteiger partial charge >= 0.3 is 0 Å². The molecule has 6 heteroatoms. The van der Waals surface area contributed by atoms with Gasteiger partial charge in [0, 0.05) is 9.61 Å². The average molecular weight is 387 g/mol. The molecular formula is C14H18IN3O2.